The summed E-state index contributed by atoms with van der Waals surface area (Å²) in [7, 11) is -0.388. The molecule has 89 valence electrons. The molecule has 0 saturated carbocycles. The van der Waals surface area contributed by atoms with E-state index >= 15 is 0 Å². The maximum Gasteiger partial charge on any atom is 0.120 e. The third kappa shape index (κ3) is 3.82. The molecule has 3 heteroatoms. The number of carbonyl (C=O) groups excluding carboxylic acids is 1. The molecule has 0 saturated heterocycles. The number of benzene rings is 2. The maximum atomic E-state index is 10.6. The van der Waals surface area contributed by atoms with Gasteiger partial charge in [0.15, 0.2) is 0 Å². The summed E-state index contributed by atoms with van der Waals surface area (Å²) >= 11 is 0. The summed E-state index contributed by atoms with van der Waals surface area (Å²) in [5.41, 5.74) is 0. The van der Waals surface area contributed by atoms with Crippen LogP contribution in [-0.2, 0) is 4.79 Å². The van der Waals surface area contributed by atoms with E-state index in [4.69, 9.17) is 0 Å². The summed E-state index contributed by atoms with van der Waals surface area (Å²) in [5, 5.41) is 2.69. The lowest BCUT2D eigenvalue weighted by Crippen LogP contribution is -2.13. The minimum Gasteiger partial charge on any atom is -0.303 e. The molecule has 2 aromatic carbocycles. The first-order valence-corrected chi connectivity index (χ1v) is 7.26. The van der Waals surface area contributed by atoms with E-state index < -0.39 is 0 Å². The van der Waals surface area contributed by atoms with Crippen LogP contribution in [0.3, 0.4) is 0 Å². The second kappa shape index (κ2) is 7.84. The third-order valence-corrected chi connectivity index (χ3v) is 5.15. The van der Waals surface area contributed by atoms with E-state index in [0.29, 0.717) is 6.42 Å². The molecule has 0 aliphatic rings. The van der Waals surface area contributed by atoms with E-state index in [0.717, 1.165) is 12.4 Å². The van der Waals surface area contributed by atoms with Crippen LogP contribution in [0.4, 0.5) is 0 Å². The van der Waals surface area contributed by atoms with Crippen LogP contribution < -0.4 is 10.6 Å². The van der Waals surface area contributed by atoms with Gasteiger partial charge in [0, 0.05) is 14.8 Å². The quantitative estimate of drug-likeness (QED) is 0.454. The fraction of sp³-hybridized carbons (Fsp3) is 0.133. The van der Waals surface area contributed by atoms with Crippen LogP contribution in [0.2, 0.25) is 0 Å². The number of hydrogen-bond acceptors (Lipinski definition) is 1. The van der Waals surface area contributed by atoms with E-state index in [1.165, 1.54) is 10.6 Å². The van der Waals surface area contributed by atoms with Gasteiger partial charge in [-0.2, -0.15) is 0 Å². The summed E-state index contributed by atoms with van der Waals surface area (Å²) in [6, 6.07) is 20.9. The van der Waals surface area contributed by atoms with Crippen molar-refractivity contribution >= 4 is 33.2 Å². The lowest BCUT2D eigenvalue weighted by molar-refractivity contribution is -0.107. The van der Waals surface area contributed by atoms with Crippen LogP contribution in [0.5, 0.6) is 0 Å². The van der Waals surface area contributed by atoms with Crippen LogP contribution in [0.15, 0.2) is 60.7 Å². The first-order chi connectivity index (χ1) is 8.42. The van der Waals surface area contributed by atoms with Gasteiger partial charge in [-0.3, -0.25) is 0 Å². The second-order valence-corrected chi connectivity index (χ2v) is 6.11. The Bertz CT molecular complexity index is 419. The molecule has 3 radical (unpaired) electrons. The molecule has 18 heavy (non-hydrogen) atoms. The second-order valence-electron chi connectivity index (χ2n) is 3.78. The average Bonchev–Trinajstić information content (AvgIpc) is 2.42. The zero-order chi connectivity index (χ0) is 11.9. The Morgan fingerprint density at radius 2 is 1.28 bits per heavy atom. The zero-order valence-corrected chi connectivity index (χ0v) is 11.1. The predicted octanol–water partition coefficient (Wildman–Crippen LogP) is 2.33. The molecule has 0 heterocycles. The molecule has 2 rings (SSSR count). The largest absolute Gasteiger partial charge is 0.303 e. The van der Waals surface area contributed by atoms with Gasteiger partial charge in [-0.15, -0.1) is 0 Å². The van der Waals surface area contributed by atoms with Crippen molar-refractivity contribution in [1.82, 2.24) is 0 Å². The Kier molecular flexibility index (Phi) is 6.39. The highest BCUT2D eigenvalue weighted by Gasteiger charge is 2.12. The highest BCUT2D eigenvalue weighted by Crippen LogP contribution is 2.33. The molecule has 0 fully saturated rings. The fourth-order valence-corrected chi connectivity index (χ4v) is 4.05. The molecule has 0 aromatic heterocycles. The van der Waals surface area contributed by atoms with Gasteiger partial charge < -0.3 is 4.79 Å². The van der Waals surface area contributed by atoms with Gasteiger partial charge in [-0.1, -0.05) is 60.7 Å². The van der Waals surface area contributed by atoms with Crippen molar-refractivity contribution in [3.63, 3.8) is 0 Å². The molecule has 0 bridgehead atoms. The summed E-state index contributed by atoms with van der Waals surface area (Å²) < 4.78 is 0. The van der Waals surface area contributed by atoms with E-state index in [2.05, 4.69) is 48.5 Å². The molecule has 1 nitrogen and oxygen atoms in total. The molecule has 0 spiro atoms. The van der Waals surface area contributed by atoms with Crippen molar-refractivity contribution in [2.24, 2.45) is 0 Å². The molecule has 0 aliphatic heterocycles. The topological polar surface area (TPSA) is 17.1 Å². The number of carbonyl (C=O) groups is 1. The number of aldehydes is 1. The number of hydrogen-bond donors (Lipinski definition) is 0. The molecule has 0 aliphatic carbocycles. The molecule has 0 unspecified atom stereocenters. The standard InChI is InChI=1S/C15H15OP.B/c16-12-7-13-17(14-8-3-1-4-9-14)15-10-5-2-6-11-15;/h1-6,8-12H,7,13H2;. The fourth-order valence-electron chi connectivity index (χ4n) is 1.80. The van der Waals surface area contributed by atoms with Crippen molar-refractivity contribution < 1.29 is 4.79 Å². The van der Waals surface area contributed by atoms with Crippen LogP contribution in [0, 0.1) is 0 Å². The monoisotopic (exact) mass is 253 g/mol. The summed E-state index contributed by atoms with van der Waals surface area (Å²) in [6.07, 6.45) is 2.59. The summed E-state index contributed by atoms with van der Waals surface area (Å²) in [6.45, 7) is 0. The van der Waals surface area contributed by atoms with Crippen LogP contribution in [0.1, 0.15) is 6.42 Å². The minimum absolute atomic E-state index is 0. The Hall–Kier alpha value is -1.40. The predicted molar refractivity (Wildman–Crippen MR) is 80.4 cm³/mol. The Morgan fingerprint density at radius 3 is 1.67 bits per heavy atom. The van der Waals surface area contributed by atoms with Gasteiger partial charge in [0.05, 0.1) is 0 Å². The van der Waals surface area contributed by atoms with Gasteiger partial charge in [0.1, 0.15) is 6.29 Å². The highest BCUT2D eigenvalue weighted by molar-refractivity contribution is 7.73. The molecule has 0 atom stereocenters. The molecular weight excluding hydrogens is 238 g/mol. The molecular formula is C15H15BOP. The highest BCUT2D eigenvalue weighted by atomic mass is 31.1. The maximum absolute atomic E-state index is 10.6. The van der Waals surface area contributed by atoms with Crippen molar-refractivity contribution in [1.29, 1.82) is 0 Å². The van der Waals surface area contributed by atoms with E-state index in [1.54, 1.807) is 0 Å². The molecule has 0 N–H and O–H groups in total. The minimum atomic E-state index is -0.388. The first-order valence-electron chi connectivity index (χ1n) is 5.73. The van der Waals surface area contributed by atoms with Crippen molar-refractivity contribution in [2.75, 3.05) is 6.16 Å². The van der Waals surface area contributed by atoms with Crippen molar-refractivity contribution in [2.45, 2.75) is 6.42 Å². The third-order valence-electron chi connectivity index (χ3n) is 2.61. The van der Waals surface area contributed by atoms with Gasteiger partial charge in [0.25, 0.3) is 0 Å². The van der Waals surface area contributed by atoms with E-state index in [9.17, 15) is 4.79 Å². The van der Waals surface area contributed by atoms with Crippen LogP contribution in [-0.4, -0.2) is 20.9 Å². The van der Waals surface area contributed by atoms with Gasteiger partial charge >= 0.3 is 0 Å². The Morgan fingerprint density at radius 1 is 0.833 bits per heavy atom. The van der Waals surface area contributed by atoms with Gasteiger partial charge in [-0.05, 0) is 24.7 Å². The lowest BCUT2D eigenvalue weighted by Gasteiger charge is -2.17. The first kappa shape index (κ1) is 14.7. The van der Waals surface area contributed by atoms with Gasteiger partial charge in [0.2, 0.25) is 0 Å². The van der Waals surface area contributed by atoms with Crippen molar-refractivity contribution in [3.05, 3.63) is 60.7 Å². The summed E-state index contributed by atoms with van der Waals surface area (Å²) in [4.78, 5) is 10.6. The van der Waals surface area contributed by atoms with Crippen molar-refractivity contribution in [3.8, 4) is 0 Å². The Balaban J connectivity index is 0.00000162. The SMILES string of the molecule is O=CCCP(c1ccccc1)c1ccccc1.[B]. The van der Waals surface area contributed by atoms with E-state index in [-0.39, 0.29) is 16.3 Å². The molecule has 0 amide bonds. The normalized spacial score (nSPS) is 9.83. The van der Waals surface area contributed by atoms with Gasteiger partial charge in [-0.25, -0.2) is 0 Å². The smallest absolute Gasteiger partial charge is 0.120 e. The van der Waals surface area contributed by atoms with E-state index in [1.807, 2.05) is 12.1 Å². The number of rotatable bonds is 5. The van der Waals surface area contributed by atoms with Crippen LogP contribution in [0.25, 0.3) is 0 Å². The molecule has 2 aromatic rings. The Labute approximate surface area is 112 Å². The lowest BCUT2D eigenvalue weighted by atomic mass is 10.4. The van der Waals surface area contributed by atoms with Crippen LogP contribution >= 0.6 is 7.92 Å². The summed E-state index contributed by atoms with van der Waals surface area (Å²) in [5.74, 6) is 0. The average molecular weight is 253 g/mol. The zero-order valence-electron chi connectivity index (χ0n) is 10.2.